The first kappa shape index (κ1) is 18.4. The van der Waals surface area contributed by atoms with Crippen LogP contribution in [0.3, 0.4) is 0 Å². The van der Waals surface area contributed by atoms with Crippen LogP contribution in [-0.4, -0.2) is 3.23 Å². The zero-order valence-electron chi connectivity index (χ0n) is 14.5. The highest BCUT2D eigenvalue weighted by molar-refractivity contribution is 9.25. The minimum absolute atomic E-state index is 0.250. The third-order valence-corrected chi connectivity index (χ3v) is 8.94. The molecule has 0 spiro atoms. The SMILES string of the molecule is Fc1ccc(C2CCC(C3CCC(C4CC4(Br)Br)CC3)CC2)cc1F. The second kappa shape index (κ2) is 7.22. The van der Waals surface area contributed by atoms with Crippen molar-refractivity contribution < 1.29 is 8.78 Å². The van der Waals surface area contributed by atoms with Crippen molar-refractivity contribution in [3.05, 3.63) is 35.4 Å². The molecule has 1 aromatic rings. The molecule has 0 amide bonds. The molecule has 25 heavy (non-hydrogen) atoms. The van der Waals surface area contributed by atoms with E-state index in [-0.39, 0.29) is 3.23 Å². The Bertz CT molecular complexity index is 614. The summed E-state index contributed by atoms with van der Waals surface area (Å²) in [6.07, 6.45) is 11.6. The zero-order chi connectivity index (χ0) is 17.6. The van der Waals surface area contributed by atoms with Gasteiger partial charge in [-0.25, -0.2) is 8.78 Å². The normalized spacial score (nSPS) is 37.7. The molecule has 1 unspecified atom stereocenters. The van der Waals surface area contributed by atoms with Crippen LogP contribution in [0.25, 0.3) is 0 Å². The number of hydrogen-bond donors (Lipinski definition) is 0. The molecule has 1 aromatic carbocycles. The fourth-order valence-electron chi connectivity index (χ4n) is 5.45. The molecule has 3 saturated carbocycles. The van der Waals surface area contributed by atoms with Crippen molar-refractivity contribution in [2.45, 2.75) is 66.9 Å². The van der Waals surface area contributed by atoms with E-state index < -0.39 is 11.6 Å². The van der Waals surface area contributed by atoms with Gasteiger partial charge in [0.05, 0.1) is 3.23 Å². The summed E-state index contributed by atoms with van der Waals surface area (Å²) in [4.78, 5) is 0. The number of alkyl halides is 2. The van der Waals surface area contributed by atoms with Gasteiger partial charge < -0.3 is 0 Å². The van der Waals surface area contributed by atoms with Crippen LogP contribution in [-0.2, 0) is 0 Å². The van der Waals surface area contributed by atoms with Crippen molar-refractivity contribution >= 4 is 31.9 Å². The minimum Gasteiger partial charge on any atom is -0.204 e. The average molecular weight is 476 g/mol. The lowest BCUT2D eigenvalue weighted by Gasteiger charge is -2.38. The standard InChI is InChI=1S/C21H26Br2F2/c22-21(23)12-18(21)16-7-5-14(6-8-16)13-1-3-15(4-2-13)17-9-10-19(24)20(25)11-17/h9-11,13-16,18H,1-8,12H2. The van der Waals surface area contributed by atoms with Gasteiger partial charge in [0, 0.05) is 0 Å². The molecule has 0 saturated heterocycles. The van der Waals surface area contributed by atoms with Crippen LogP contribution in [0.15, 0.2) is 18.2 Å². The van der Waals surface area contributed by atoms with Gasteiger partial charge in [-0.1, -0.05) is 37.9 Å². The smallest absolute Gasteiger partial charge is 0.159 e. The Hall–Kier alpha value is 0.0400. The second-order valence-electron chi connectivity index (χ2n) is 8.53. The molecule has 0 heterocycles. The maximum absolute atomic E-state index is 13.5. The van der Waals surface area contributed by atoms with Gasteiger partial charge in [0.25, 0.3) is 0 Å². The number of rotatable bonds is 3. The summed E-state index contributed by atoms with van der Waals surface area (Å²) in [5.74, 6) is 2.44. The summed E-state index contributed by atoms with van der Waals surface area (Å²) in [5, 5.41) is 0. The van der Waals surface area contributed by atoms with E-state index in [0.29, 0.717) is 5.92 Å². The Morgan fingerprint density at radius 1 is 0.760 bits per heavy atom. The molecular formula is C21H26Br2F2. The second-order valence-corrected chi connectivity index (χ2v) is 12.4. The first-order valence-corrected chi connectivity index (χ1v) is 11.4. The van der Waals surface area contributed by atoms with Crippen molar-refractivity contribution in [2.75, 3.05) is 0 Å². The first-order chi connectivity index (χ1) is 11.9. The van der Waals surface area contributed by atoms with E-state index in [9.17, 15) is 8.78 Å². The van der Waals surface area contributed by atoms with Crippen LogP contribution in [0.4, 0.5) is 8.78 Å². The van der Waals surface area contributed by atoms with Gasteiger partial charge in [-0.15, -0.1) is 0 Å². The number of hydrogen-bond acceptors (Lipinski definition) is 0. The van der Waals surface area contributed by atoms with Gasteiger partial charge >= 0.3 is 0 Å². The Kier molecular flexibility index (Phi) is 5.32. The topological polar surface area (TPSA) is 0 Å². The monoisotopic (exact) mass is 474 g/mol. The maximum Gasteiger partial charge on any atom is 0.159 e. The predicted octanol–water partition coefficient (Wildman–Crippen LogP) is 7.55. The number of benzene rings is 1. The summed E-state index contributed by atoms with van der Waals surface area (Å²) >= 11 is 7.57. The van der Waals surface area contributed by atoms with Crippen molar-refractivity contribution in [3.8, 4) is 0 Å². The predicted molar refractivity (Wildman–Crippen MR) is 105 cm³/mol. The number of halogens is 4. The third-order valence-electron chi connectivity index (χ3n) is 7.11. The van der Waals surface area contributed by atoms with Crippen LogP contribution >= 0.6 is 31.9 Å². The largest absolute Gasteiger partial charge is 0.204 e. The highest BCUT2D eigenvalue weighted by Crippen LogP contribution is 2.62. The molecule has 3 aliphatic rings. The summed E-state index contributed by atoms with van der Waals surface area (Å²) in [6.45, 7) is 0. The van der Waals surface area contributed by atoms with Crippen LogP contribution in [0.1, 0.15) is 69.3 Å². The molecule has 0 aliphatic heterocycles. The molecular weight excluding hydrogens is 450 g/mol. The van der Waals surface area contributed by atoms with Gasteiger partial charge in [0.15, 0.2) is 11.6 Å². The van der Waals surface area contributed by atoms with Gasteiger partial charge in [-0.3, -0.25) is 0 Å². The van der Waals surface area contributed by atoms with Crippen LogP contribution < -0.4 is 0 Å². The Morgan fingerprint density at radius 3 is 1.80 bits per heavy atom. The fraction of sp³-hybridized carbons (Fsp3) is 0.714. The highest BCUT2D eigenvalue weighted by atomic mass is 79.9. The molecule has 138 valence electrons. The average Bonchev–Trinajstić information content (AvgIpc) is 3.26. The molecule has 4 heteroatoms. The molecule has 0 bridgehead atoms. The molecule has 0 aromatic heterocycles. The van der Waals surface area contributed by atoms with Gasteiger partial charge in [-0.2, -0.15) is 0 Å². The van der Waals surface area contributed by atoms with E-state index >= 15 is 0 Å². The lowest BCUT2D eigenvalue weighted by molar-refractivity contribution is 0.152. The van der Waals surface area contributed by atoms with Crippen LogP contribution in [0.2, 0.25) is 0 Å². The minimum atomic E-state index is -0.735. The van der Waals surface area contributed by atoms with E-state index in [1.165, 1.54) is 57.1 Å². The molecule has 4 rings (SSSR count). The van der Waals surface area contributed by atoms with Crippen molar-refractivity contribution in [2.24, 2.45) is 23.7 Å². The van der Waals surface area contributed by atoms with E-state index in [0.717, 1.165) is 42.1 Å². The van der Waals surface area contributed by atoms with E-state index in [4.69, 9.17) is 0 Å². The third kappa shape index (κ3) is 4.00. The van der Waals surface area contributed by atoms with Crippen LogP contribution in [0.5, 0.6) is 0 Å². The Labute approximate surface area is 166 Å². The van der Waals surface area contributed by atoms with E-state index in [1.54, 1.807) is 6.07 Å². The van der Waals surface area contributed by atoms with Gasteiger partial charge in [0.2, 0.25) is 0 Å². The van der Waals surface area contributed by atoms with Crippen molar-refractivity contribution in [1.29, 1.82) is 0 Å². The van der Waals surface area contributed by atoms with Crippen molar-refractivity contribution in [1.82, 2.24) is 0 Å². The molecule has 0 radical (unpaired) electrons. The molecule has 0 N–H and O–H groups in total. The summed E-state index contributed by atoms with van der Waals surface area (Å²) in [5.41, 5.74) is 0.987. The Morgan fingerprint density at radius 2 is 1.28 bits per heavy atom. The zero-order valence-corrected chi connectivity index (χ0v) is 17.7. The molecule has 3 fully saturated rings. The molecule has 3 aliphatic carbocycles. The summed E-state index contributed by atoms with van der Waals surface area (Å²) < 4.78 is 26.9. The maximum atomic E-state index is 13.5. The molecule has 0 nitrogen and oxygen atoms in total. The lowest BCUT2D eigenvalue weighted by Crippen LogP contribution is -2.26. The lowest BCUT2D eigenvalue weighted by atomic mass is 9.68. The first-order valence-electron chi connectivity index (χ1n) is 9.77. The molecule has 1 atom stereocenters. The Balaban J connectivity index is 1.27. The summed E-state index contributed by atoms with van der Waals surface area (Å²) in [6, 6.07) is 4.47. The fourth-order valence-corrected chi connectivity index (χ4v) is 6.90. The van der Waals surface area contributed by atoms with Gasteiger partial charge in [0.1, 0.15) is 0 Å². The van der Waals surface area contributed by atoms with E-state index in [1.807, 2.05) is 0 Å². The van der Waals surface area contributed by atoms with E-state index in [2.05, 4.69) is 31.9 Å². The van der Waals surface area contributed by atoms with Crippen LogP contribution in [0, 0.1) is 35.3 Å². The quantitative estimate of drug-likeness (QED) is 0.396. The highest BCUT2D eigenvalue weighted by Gasteiger charge is 2.54. The summed E-state index contributed by atoms with van der Waals surface area (Å²) in [7, 11) is 0. The van der Waals surface area contributed by atoms with Crippen molar-refractivity contribution in [3.63, 3.8) is 0 Å². The van der Waals surface area contributed by atoms with Gasteiger partial charge in [-0.05, 0) is 105 Å².